The van der Waals surface area contributed by atoms with Gasteiger partial charge in [-0.3, -0.25) is 0 Å². The van der Waals surface area contributed by atoms with Crippen LogP contribution in [0.3, 0.4) is 0 Å². The molecule has 0 aliphatic carbocycles. The van der Waals surface area contributed by atoms with Gasteiger partial charge in [0.2, 0.25) is 0 Å². The van der Waals surface area contributed by atoms with Gasteiger partial charge in [-0.25, -0.2) is 0 Å². The van der Waals surface area contributed by atoms with Crippen LogP contribution in [0.25, 0.3) is 0 Å². The molecule has 0 aromatic heterocycles. The molecule has 17 heavy (non-hydrogen) atoms. The average Bonchev–Trinajstić information content (AvgIpc) is 2.13. The minimum absolute atomic E-state index is 0.267. The molecule has 2 aliphatic heterocycles. The van der Waals surface area contributed by atoms with Crippen molar-refractivity contribution in [3.8, 4) is 0 Å². The highest BCUT2D eigenvalue weighted by Crippen LogP contribution is 2.29. The highest BCUT2D eigenvalue weighted by atomic mass is 32.2. The molecular formula is C14H28N2S. The summed E-state index contributed by atoms with van der Waals surface area (Å²) in [5, 5.41) is 7.67. The Hall–Kier alpha value is 0.270. The molecule has 2 nitrogen and oxygen atoms in total. The lowest BCUT2D eigenvalue weighted by Gasteiger charge is -2.47. The fourth-order valence-corrected chi connectivity index (χ4v) is 4.74. The Morgan fingerprint density at radius 1 is 0.941 bits per heavy atom. The van der Waals surface area contributed by atoms with E-state index in [0.29, 0.717) is 6.04 Å². The summed E-state index contributed by atoms with van der Waals surface area (Å²) in [5.41, 5.74) is 0.533. The predicted octanol–water partition coefficient (Wildman–Crippen LogP) is 2.78. The van der Waals surface area contributed by atoms with Gasteiger partial charge in [-0.2, -0.15) is 11.8 Å². The Bertz CT molecular complexity index is 241. The third-order valence-corrected chi connectivity index (χ3v) is 4.93. The second-order valence-corrected chi connectivity index (χ2v) is 8.28. The Balaban J connectivity index is 1.91. The number of nitrogens with one attached hydrogen (secondary N) is 2. The van der Waals surface area contributed by atoms with Crippen molar-refractivity contribution in [2.45, 2.75) is 76.5 Å². The van der Waals surface area contributed by atoms with Gasteiger partial charge in [0, 0.05) is 23.2 Å². The molecule has 0 spiro atoms. The maximum absolute atomic E-state index is 3.92. The molecule has 2 heterocycles. The summed E-state index contributed by atoms with van der Waals surface area (Å²) in [6, 6.07) is 1.46. The first-order valence-corrected chi connectivity index (χ1v) is 8.15. The van der Waals surface area contributed by atoms with E-state index in [0.717, 1.165) is 6.04 Å². The third-order valence-electron chi connectivity index (χ3n) is 3.88. The first-order chi connectivity index (χ1) is 7.86. The molecule has 2 rings (SSSR count). The summed E-state index contributed by atoms with van der Waals surface area (Å²) < 4.78 is 0. The Morgan fingerprint density at radius 2 is 1.47 bits per heavy atom. The molecule has 100 valence electrons. The number of thioether (sulfide) groups is 1. The van der Waals surface area contributed by atoms with Gasteiger partial charge in [0.25, 0.3) is 0 Å². The zero-order valence-corrected chi connectivity index (χ0v) is 12.6. The normalized spacial score (nSPS) is 30.4. The standard InChI is InChI=1S/C14H28N2S/c1-13(2)9-12(10-14(3,4)16-13)15-11-5-7-17-8-6-11/h11-12,15-16H,5-10H2,1-4H3. The quantitative estimate of drug-likeness (QED) is 0.794. The topological polar surface area (TPSA) is 24.1 Å². The van der Waals surface area contributed by atoms with E-state index in [1.54, 1.807) is 0 Å². The van der Waals surface area contributed by atoms with E-state index in [2.05, 4.69) is 50.1 Å². The number of hydrogen-bond donors (Lipinski definition) is 2. The Kier molecular flexibility index (Phi) is 4.11. The van der Waals surface area contributed by atoms with Crippen molar-refractivity contribution >= 4 is 11.8 Å². The highest BCUT2D eigenvalue weighted by molar-refractivity contribution is 7.99. The van der Waals surface area contributed by atoms with Crippen molar-refractivity contribution in [2.24, 2.45) is 0 Å². The van der Waals surface area contributed by atoms with E-state index in [4.69, 9.17) is 0 Å². The van der Waals surface area contributed by atoms with E-state index in [9.17, 15) is 0 Å². The summed E-state index contributed by atoms with van der Waals surface area (Å²) in [6.07, 6.45) is 5.21. The minimum atomic E-state index is 0.267. The van der Waals surface area contributed by atoms with Gasteiger partial charge < -0.3 is 10.6 Å². The van der Waals surface area contributed by atoms with Gasteiger partial charge in [0.1, 0.15) is 0 Å². The molecule has 2 N–H and O–H groups in total. The van der Waals surface area contributed by atoms with Crippen LogP contribution in [-0.2, 0) is 0 Å². The van der Waals surface area contributed by atoms with Crippen molar-refractivity contribution in [3.05, 3.63) is 0 Å². The van der Waals surface area contributed by atoms with E-state index in [1.807, 2.05) is 0 Å². The summed E-state index contributed by atoms with van der Waals surface area (Å²) in [6.45, 7) is 9.33. The molecule has 0 radical (unpaired) electrons. The molecule has 0 aromatic carbocycles. The Labute approximate surface area is 111 Å². The molecule has 3 heteroatoms. The van der Waals surface area contributed by atoms with Crippen molar-refractivity contribution in [2.75, 3.05) is 11.5 Å². The third kappa shape index (κ3) is 4.15. The Morgan fingerprint density at radius 3 is 2.00 bits per heavy atom. The number of piperidine rings is 1. The minimum Gasteiger partial charge on any atom is -0.311 e. The lowest BCUT2D eigenvalue weighted by atomic mass is 9.79. The van der Waals surface area contributed by atoms with Crippen molar-refractivity contribution in [3.63, 3.8) is 0 Å². The van der Waals surface area contributed by atoms with Crippen LogP contribution in [0.15, 0.2) is 0 Å². The zero-order chi connectivity index (χ0) is 12.5. The molecule has 0 aromatic rings. The van der Waals surface area contributed by atoms with Gasteiger partial charge in [0.05, 0.1) is 0 Å². The van der Waals surface area contributed by atoms with Crippen LogP contribution in [0.1, 0.15) is 53.4 Å². The first-order valence-electron chi connectivity index (χ1n) is 6.99. The monoisotopic (exact) mass is 256 g/mol. The smallest absolute Gasteiger partial charge is 0.0144 e. The lowest BCUT2D eigenvalue weighted by Crippen LogP contribution is -2.62. The van der Waals surface area contributed by atoms with Crippen molar-refractivity contribution < 1.29 is 0 Å². The molecule has 0 amide bonds. The van der Waals surface area contributed by atoms with Gasteiger partial charge in [-0.1, -0.05) is 0 Å². The van der Waals surface area contributed by atoms with Crippen LogP contribution in [0.2, 0.25) is 0 Å². The highest BCUT2D eigenvalue weighted by Gasteiger charge is 2.38. The molecule has 2 fully saturated rings. The van der Waals surface area contributed by atoms with Crippen LogP contribution in [-0.4, -0.2) is 34.7 Å². The van der Waals surface area contributed by atoms with Crippen LogP contribution in [0, 0.1) is 0 Å². The fourth-order valence-electron chi connectivity index (χ4n) is 3.64. The molecule has 0 saturated carbocycles. The number of hydrogen-bond acceptors (Lipinski definition) is 3. The fraction of sp³-hybridized carbons (Fsp3) is 1.00. The molecule has 0 bridgehead atoms. The van der Waals surface area contributed by atoms with Crippen molar-refractivity contribution in [1.29, 1.82) is 0 Å². The van der Waals surface area contributed by atoms with Crippen LogP contribution >= 0.6 is 11.8 Å². The van der Waals surface area contributed by atoms with E-state index in [-0.39, 0.29) is 11.1 Å². The van der Waals surface area contributed by atoms with E-state index in [1.165, 1.54) is 37.2 Å². The van der Waals surface area contributed by atoms with Gasteiger partial charge >= 0.3 is 0 Å². The average molecular weight is 256 g/mol. The van der Waals surface area contributed by atoms with Crippen LogP contribution < -0.4 is 10.6 Å². The largest absolute Gasteiger partial charge is 0.311 e. The van der Waals surface area contributed by atoms with E-state index >= 15 is 0 Å². The first kappa shape index (κ1) is 13.7. The summed E-state index contributed by atoms with van der Waals surface area (Å²) in [7, 11) is 0. The summed E-state index contributed by atoms with van der Waals surface area (Å²) in [4.78, 5) is 0. The summed E-state index contributed by atoms with van der Waals surface area (Å²) >= 11 is 2.11. The zero-order valence-electron chi connectivity index (χ0n) is 11.8. The van der Waals surface area contributed by atoms with Gasteiger partial charge in [-0.15, -0.1) is 0 Å². The van der Waals surface area contributed by atoms with Crippen LogP contribution in [0.5, 0.6) is 0 Å². The maximum Gasteiger partial charge on any atom is 0.0144 e. The second kappa shape index (κ2) is 5.10. The SMILES string of the molecule is CC1(C)CC(NC2CCSCC2)CC(C)(C)N1. The molecule has 0 atom stereocenters. The molecule has 2 aliphatic rings. The molecule has 0 unspecified atom stereocenters. The van der Waals surface area contributed by atoms with Gasteiger partial charge in [0.15, 0.2) is 0 Å². The van der Waals surface area contributed by atoms with Crippen molar-refractivity contribution in [1.82, 2.24) is 10.6 Å². The maximum atomic E-state index is 3.92. The summed E-state index contributed by atoms with van der Waals surface area (Å²) in [5.74, 6) is 2.69. The van der Waals surface area contributed by atoms with Crippen LogP contribution in [0.4, 0.5) is 0 Å². The second-order valence-electron chi connectivity index (χ2n) is 7.05. The van der Waals surface area contributed by atoms with Gasteiger partial charge in [-0.05, 0) is 64.9 Å². The predicted molar refractivity (Wildman–Crippen MR) is 77.8 cm³/mol. The van der Waals surface area contributed by atoms with E-state index < -0.39 is 0 Å². The molecule has 2 saturated heterocycles. The lowest BCUT2D eigenvalue weighted by molar-refractivity contribution is 0.138. The molecular weight excluding hydrogens is 228 g/mol. The number of rotatable bonds is 2.